The van der Waals surface area contributed by atoms with E-state index < -0.39 is 17.6 Å². The van der Waals surface area contributed by atoms with Crippen LogP contribution in [0, 0.1) is 0 Å². The molecule has 0 unspecified atom stereocenters. The predicted octanol–water partition coefficient (Wildman–Crippen LogP) is 3.88. The molecular weight excluding hydrogens is 406 g/mol. The van der Waals surface area contributed by atoms with E-state index >= 15 is 0 Å². The molecule has 0 fully saturated rings. The van der Waals surface area contributed by atoms with Gasteiger partial charge in [0, 0.05) is 25.8 Å². The first-order chi connectivity index (χ1) is 15.1. The average Bonchev–Trinajstić information content (AvgIpc) is 2.73. The Morgan fingerprint density at radius 3 is 2.31 bits per heavy atom. The number of hydrogen-bond acceptors (Lipinski definition) is 6. The third kappa shape index (κ3) is 7.85. The fourth-order valence-electron chi connectivity index (χ4n) is 3.24. The lowest BCUT2D eigenvalue weighted by molar-refractivity contribution is 0.0635. The molecule has 0 aliphatic rings. The summed E-state index contributed by atoms with van der Waals surface area (Å²) in [5, 5.41) is 2.88. The molecule has 0 aliphatic heterocycles. The summed E-state index contributed by atoms with van der Waals surface area (Å²) in [6, 6.07) is 11.1. The van der Waals surface area contributed by atoms with Gasteiger partial charge in [-0.15, -0.1) is 0 Å². The van der Waals surface area contributed by atoms with Gasteiger partial charge in [0.1, 0.15) is 11.3 Å². The molecule has 0 saturated heterocycles. The van der Waals surface area contributed by atoms with Crippen molar-refractivity contribution in [3.8, 4) is 0 Å². The highest BCUT2D eigenvalue weighted by Gasteiger charge is 2.19. The number of benzene rings is 1. The Bertz CT molecular complexity index is 889. The third-order valence-corrected chi connectivity index (χ3v) is 4.91. The van der Waals surface area contributed by atoms with Crippen molar-refractivity contribution in [2.75, 3.05) is 36.4 Å². The Hall–Kier alpha value is -3.13. The standard InChI is InChI=1S/C24H35N5O3/c1-6-28(7-2)14-15-29(17-18-12-13-20(22(25)30)26-16-18)21-11-9-8-10-19(21)27-23(31)32-24(3,4)5/h8-13,16H,6-7,14-15,17H2,1-5H3,(H2,25,30)(H,27,31). The average molecular weight is 442 g/mol. The van der Waals surface area contributed by atoms with Crippen LogP contribution < -0.4 is 16.0 Å². The fourth-order valence-corrected chi connectivity index (χ4v) is 3.24. The zero-order valence-electron chi connectivity index (χ0n) is 19.7. The largest absolute Gasteiger partial charge is 0.444 e. The maximum atomic E-state index is 12.4. The Balaban J connectivity index is 2.30. The maximum Gasteiger partial charge on any atom is 0.412 e. The van der Waals surface area contributed by atoms with E-state index in [2.05, 4.69) is 33.9 Å². The smallest absolute Gasteiger partial charge is 0.412 e. The molecule has 2 aromatic rings. The SMILES string of the molecule is CCN(CC)CCN(Cc1ccc(C(N)=O)nc1)c1ccccc1NC(=O)OC(C)(C)C. The molecular formula is C24H35N5O3. The van der Waals surface area contributed by atoms with Crippen LogP contribution in [-0.2, 0) is 11.3 Å². The number of carbonyl (C=O) groups excluding carboxylic acids is 2. The molecule has 8 nitrogen and oxygen atoms in total. The minimum Gasteiger partial charge on any atom is -0.444 e. The van der Waals surface area contributed by atoms with Crippen LogP contribution in [0.5, 0.6) is 0 Å². The minimum atomic E-state index is -0.588. The van der Waals surface area contributed by atoms with Gasteiger partial charge in [-0.05, 0) is 57.6 Å². The van der Waals surface area contributed by atoms with Gasteiger partial charge in [0.2, 0.25) is 0 Å². The van der Waals surface area contributed by atoms with E-state index in [1.807, 2.05) is 51.1 Å². The zero-order valence-corrected chi connectivity index (χ0v) is 19.7. The Kier molecular flexibility index (Phi) is 9.02. The summed E-state index contributed by atoms with van der Waals surface area (Å²) in [7, 11) is 0. The minimum absolute atomic E-state index is 0.232. The van der Waals surface area contributed by atoms with Crippen LogP contribution in [-0.4, -0.2) is 53.7 Å². The highest BCUT2D eigenvalue weighted by atomic mass is 16.6. The van der Waals surface area contributed by atoms with E-state index in [1.54, 1.807) is 12.3 Å². The molecule has 1 heterocycles. The predicted molar refractivity (Wildman–Crippen MR) is 128 cm³/mol. The van der Waals surface area contributed by atoms with Crippen LogP contribution in [0.4, 0.5) is 16.2 Å². The quantitative estimate of drug-likeness (QED) is 0.580. The molecule has 0 radical (unpaired) electrons. The van der Waals surface area contributed by atoms with E-state index in [9.17, 15) is 9.59 Å². The van der Waals surface area contributed by atoms with E-state index in [0.717, 1.165) is 37.4 Å². The number of para-hydroxylation sites is 2. The molecule has 2 amide bonds. The summed E-state index contributed by atoms with van der Waals surface area (Å²) in [6.07, 6.45) is 1.16. The van der Waals surface area contributed by atoms with Crippen LogP contribution in [0.15, 0.2) is 42.6 Å². The number of hydrogen-bond donors (Lipinski definition) is 2. The summed E-state index contributed by atoms with van der Waals surface area (Å²) >= 11 is 0. The second-order valence-electron chi connectivity index (χ2n) is 8.51. The zero-order chi connectivity index (χ0) is 23.7. The summed E-state index contributed by atoms with van der Waals surface area (Å²) in [5.74, 6) is -0.554. The molecule has 32 heavy (non-hydrogen) atoms. The van der Waals surface area contributed by atoms with Gasteiger partial charge < -0.3 is 20.3 Å². The molecule has 0 spiro atoms. The Morgan fingerprint density at radius 1 is 1.06 bits per heavy atom. The van der Waals surface area contributed by atoms with Crippen molar-refractivity contribution in [3.05, 3.63) is 53.9 Å². The van der Waals surface area contributed by atoms with Crippen molar-refractivity contribution >= 4 is 23.4 Å². The number of nitrogens with two attached hydrogens (primary N) is 1. The van der Waals surface area contributed by atoms with Crippen LogP contribution in [0.2, 0.25) is 0 Å². The van der Waals surface area contributed by atoms with E-state index in [4.69, 9.17) is 10.5 Å². The summed E-state index contributed by atoms with van der Waals surface area (Å²) in [5.41, 5.74) is 7.43. The number of nitrogens with zero attached hydrogens (tertiary/aromatic N) is 3. The van der Waals surface area contributed by atoms with Gasteiger partial charge in [-0.3, -0.25) is 15.1 Å². The van der Waals surface area contributed by atoms with Crippen LogP contribution in [0.25, 0.3) is 0 Å². The van der Waals surface area contributed by atoms with Gasteiger partial charge in [0.25, 0.3) is 5.91 Å². The number of rotatable bonds is 10. The molecule has 2 rings (SSSR count). The number of ether oxygens (including phenoxy) is 1. The molecule has 0 aliphatic carbocycles. The van der Waals surface area contributed by atoms with Crippen LogP contribution in [0.1, 0.15) is 50.7 Å². The van der Waals surface area contributed by atoms with E-state index in [1.165, 1.54) is 0 Å². The number of pyridine rings is 1. The molecule has 3 N–H and O–H groups in total. The Labute approximate surface area is 190 Å². The van der Waals surface area contributed by atoms with Crippen molar-refractivity contribution in [2.24, 2.45) is 5.73 Å². The number of anilines is 2. The summed E-state index contributed by atoms with van der Waals surface area (Å²) < 4.78 is 5.43. The van der Waals surface area contributed by atoms with Gasteiger partial charge in [-0.1, -0.05) is 32.0 Å². The van der Waals surface area contributed by atoms with Crippen molar-refractivity contribution in [3.63, 3.8) is 0 Å². The third-order valence-electron chi connectivity index (χ3n) is 4.91. The van der Waals surface area contributed by atoms with Crippen molar-refractivity contribution in [1.29, 1.82) is 0 Å². The number of aromatic nitrogens is 1. The topological polar surface area (TPSA) is 101 Å². The van der Waals surface area contributed by atoms with E-state index in [0.29, 0.717) is 12.2 Å². The van der Waals surface area contributed by atoms with Crippen molar-refractivity contribution in [1.82, 2.24) is 9.88 Å². The van der Waals surface area contributed by atoms with Gasteiger partial charge in [0.15, 0.2) is 0 Å². The molecule has 8 heteroatoms. The number of amides is 2. The lowest BCUT2D eigenvalue weighted by Gasteiger charge is -2.30. The van der Waals surface area contributed by atoms with Gasteiger partial charge >= 0.3 is 6.09 Å². The first-order valence-corrected chi connectivity index (χ1v) is 10.9. The molecule has 0 saturated carbocycles. The summed E-state index contributed by atoms with van der Waals surface area (Å²) in [4.78, 5) is 32.4. The molecule has 174 valence electrons. The lowest BCUT2D eigenvalue weighted by atomic mass is 10.2. The van der Waals surface area contributed by atoms with Gasteiger partial charge in [0.05, 0.1) is 11.4 Å². The molecule has 0 atom stereocenters. The second kappa shape index (κ2) is 11.5. The summed E-state index contributed by atoms with van der Waals surface area (Å²) in [6.45, 7) is 13.8. The number of likely N-dealkylation sites (N-methyl/N-ethyl adjacent to an activating group) is 1. The van der Waals surface area contributed by atoms with Crippen molar-refractivity contribution in [2.45, 2.75) is 46.8 Å². The molecule has 0 bridgehead atoms. The maximum absolute atomic E-state index is 12.4. The van der Waals surface area contributed by atoms with Gasteiger partial charge in [-0.2, -0.15) is 0 Å². The molecule has 1 aromatic heterocycles. The fraction of sp³-hybridized carbons (Fsp3) is 0.458. The molecule has 1 aromatic carbocycles. The van der Waals surface area contributed by atoms with Crippen LogP contribution >= 0.6 is 0 Å². The first-order valence-electron chi connectivity index (χ1n) is 10.9. The number of primary amides is 1. The normalized spacial score (nSPS) is 11.3. The lowest BCUT2D eigenvalue weighted by Crippen LogP contribution is -2.35. The highest BCUT2D eigenvalue weighted by Crippen LogP contribution is 2.28. The number of carbonyl (C=O) groups is 2. The second-order valence-corrected chi connectivity index (χ2v) is 8.51. The van der Waals surface area contributed by atoms with E-state index in [-0.39, 0.29) is 5.69 Å². The first kappa shape index (κ1) is 25.1. The van der Waals surface area contributed by atoms with Crippen LogP contribution in [0.3, 0.4) is 0 Å². The number of nitrogens with one attached hydrogen (secondary N) is 1. The monoisotopic (exact) mass is 441 g/mol. The van der Waals surface area contributed by atoms with Gasteiger partial charge in [-0.25, -0.2) is 4.79 Å². The highest BCUT2D eigenvalue weighted by molar-refractivity contribution is 5.91. The van der Waals surface area contributed by atoms with Crippen molar-refractivity contribution < 1.29 is 14.3 Å². The Morgan fingerprint density at radius 2 is 1.75 bits per heavy atom.